The Morgan fingerprint density at radius 1 is 1.59 bits per heavy atom. The lowest BCUT2D eigenvalue weighted by Crippen LogP contribution is -2.23. The van der Waals surface area contributed by atoms with Crippen LogP contribution in [0.3, 0.4) is 0 Å². The second-order valence-corrected chi connectivity index (χ2v) is 4.73. The van der Waals surface area contributed by atoms with E-state index in [1.807, 2.05) is 6.92 Å². The van der Waals surface area contributed by atoms with Crippen molar-refractivity contribution in [1.29, 1.82) is 0 Å². The molecule has 1 atom stereocenters. The third kappa shape index (κ3) is 1.88. The number of halogens is 1. The highest BCUT2D eigenvalue weighted by Gasteiger charge is 2.40. The Morgan fingerprint density at radius 3 is 2.88 bits per heavy atom. The Hall–Kier alpha value is -1.58. The zero-order valence-electron chi connectivity index (χ0n) is 9.92. The van der Waals surface area contributed by atoms with Crippen LogP contribution in [0.5, 0.6) is 5.75 Å². The number of carboxylic acids is 1. The fourth-order valence-electron chi connectivity index (χ4n) is 2.71. The maximum Gasteiger partial charge on any atom is 0.304 e. The van der Waals surface area contributed by atoms with Crippen LogP contribution < -0.4 is 4.74 Å². The predicted octanol–water partition coefficient (Wildman–Crippen LogP) is 2.51. The molecular weight excluding hydrogens is 223 g/mol. The summed E-state index contributed by atoms with van der Waals surface area (Å²) in [5.74, 6) is -0.552. The number of hydrogen-bond acceptors (Lipinski definition) is 2. The molecule has 0 amide bonds. The molecule has 1 aliphatic carbocycles. The van der Waals surface area contributed by atoms with Crippen LogP contribution in [0.4, 0.5) is 4.39 Å². The molecule has 1 aromatic carbocycles. The van der Waals surface area contributed by atoms with Crippen LogP contribution in [-0.2, 0) is 16.6 Å². The van der Waals surface area contributed by atoms with E-state index in [1.54, 1.807) is 6.07 Å². The minimum Gasteiger partial charge on any atom is -0.496 e. The van der Waals surface area contributed by atoms with Gasteiger partial charge in [-0.2, -0.15) is 0 Å². The van der Waals surface area contributed by atoms with Gasteiger partial charge in [-0.05, 0) is 30.5 Å². The number of benzene rings is 1. The fourth-order valence-corrected chi connectivity index (χ4v) is 2.71. The topological polar surface area (TPSA) is 46.5 Å². The van der Waals surface area contributed by atoms with Crippen molar-refractivity contribution in [3.05, 3.63) is 29.1 Å². The van der Waals surface area contributed by atoms with E-state index in [1.165, 1.54) is 13.2 Å². The third-order valence-electron chi connectivity index (χ3n) is 3.51. The van der Waals surface area contributed by atoms with Gasteiger partial charge < -0.3 is 9.84 Å². The monoisotopic (exact) mass is 238 g/mol. The smallest absolute Gasteiger partial charge is 0.304 e. The first kappa shape index (κ1) is 11.9. The van der Waals surface area contributed by atoms with E-state index in [9.17, 15) is 9.18 Å². The second-order valence-electron chi connectivity index (χ2n) is 4.73. The van der Waals surface area contributed by atoms with E-state index >= 15 is 0 Å². The van der Waals surface area contributed by atoms with E-state index in [0.29, 0.717) is 24.2 Å². The van der Waals surface area contributed by atoms with E-state index < -0.39 is 11.4 Å². The van der Waals surface area contributed by atoms with Crippen LogP contribution in [0, 0.1) is 5.82 Å². The Bertz CT molecular complexity index is 470. The van der Waals surface area contributed by atoms with Crippen molar-refractivity contribution in [1.82, 2.24) is 0 Å². The van der Waals surface area contributed by atoms with Crippen molar-refractivity contribution in [2.45, 2.75) is 31.6 Å². The summed E-state index contributed by atoms with van der Waals surface area (Å²) >= 11 is 0. The Kier molecular flexibility index (Phi) is 2.81. The number of carbonyl (C=O) groups is 1. The molecule has 2 rings (SSSR count). The first-order valence-corrected chi connectivity index (χ1v) is 5.55. The lowest BCUT2D eigenvalue weighted by atomic mass is 9.80. The molecule has 17 heavy (non-hydrogen) atoms. The number of rotatable bonds is 3. The highest BCUT2D eigenvalue weighted by Crippen LogP contribution is 2.46. The molecule has 1 unspecified atom stereocenters. The van der Waals surface area contributed by atoms with E-state index in [4.69, 9.17) is 9.84 Å². The normalized spacial score (nSPS) is 22.3. The largest absolute Gasteiger partial charge is 0.496 e. The molecular formula is C13H15FO3. The van der Waals surface area contributed by atoms with Crippen LogP contribution >= 0.6 is 0 Å². The summed E-state index contributed by atoms with van der Waals surface area (Å²) < 4.78 is 18.9. The third-order valence-corrected chi connectivity index (χ3v) is 3.51. The maximum absolute atomic E-state index is 13.7. The predicted molar refractivity (Wildman–Crippen MR) is 60.9 cm³/mol. The first-order valence-electron chi connectivity index (χ1n) is 5.55. The number of fused-ring (bicyclic) bond motifs is 1. The SMILES string of the molecule is COc1ccc(F)c2c1C(C)(CC(=O)O)CC2. The van der Waals surface area contributed by atoms with Gasteiger partial charge in [-0.3, -0.25) is 4.79 Å². The van der Waals surface area contributed by atoms with Crippen LogP contribution in [0.1, 0.15) is 30.9 Å². The number of carboxylic acid groups (broad SMARTS) is 1. The molecule has 3 nitrogen and oxygen atoms in total. The maximum atomic E-state index is 13.7. The molecule has 1 N–H and O–H groups in total. The van der Waals surface area contributed by atoms with E-state index in [2.05, 4.69) is 0 Å². The molecule has 0 aliphatic heterocycles. The molecule has 0 fully saturated rings. The van der Waals surface area contributed by atoms with Crippen molar-refractivity contribution < 1.29 is 19.0 Å². The highest BCUT2D eigenvalue weighted by atomic mass is 19.1. The van der Waals surface area contributed by atoms with Gasteiger partial charge in [-0.15, -0.1) is 0 Å². The summed E-state index contributed by atoms with van der Waals surface area (Å²) in [6.07, 6.45) is 1.22. The highest BCUT2D eigenvalue weighted by molar-refractivity contribution is 5.70. The summed E-state index contributed by atoms with van der Waals surface area (Å²) in [7, 11) is 1.52. The molecule has 0 saturated heterocycles. The lowest BCUT2D eigenvalue weighted by Gasteiger charge is -2.25. The zero-order valence-corrected chi connectivity index (χ0v) is 9.92. The van der Waals surface area contributed by atoms with Crippen molar-refractivity contribution in [3.63, 3.8) is 0 Å². The van der Waals surface area contributed by atoms with Gasteiger partial charge in [0, 0.05) is 11.0 Å². The Morgan fingerprint density at radius 2 is 2.29 bits per heavy atom. The molecule has 1 aromatic rings. The zero-order chi connectivity index (χ0) is 12.6. The van der Waals surface area contributed by atoms with Crippen molar-refractivity contribution in [3.8, 4) is 5.75 Å². The van der Waals surface area contributed by atoms with Gasteiger partial charge in [-0.25, -0.2) is 4.39 Å². The van der Waals surface area contributed by atoms with Gasteiger partial charge in [0.25, 0.3) is 0 Å². The molecule has 4 heteroatoms. The molecule has 1 aliphatic rings. The average Bonchev–Trinajstić information content (AvgIpc) is 2.58. The standard InChI is InChI=1S/C13H15FO3/c1-13(7-11(15)16)6-5-8-9(14)3-4-10(17-2)12(8)13/h3-4H,5-7H2,1-2H3,(H,15,16). The summed E-state index contributed by atoms with van der Waals surface area (Å²) in [6, 6.07) is 2.95. The molecule has 0 aromatic heterocycles. The number of hydrogen-bond donors (Lipinski definition) is 1. The Balaban J connectivity index is 2.55. The van der Waals surface area contributed by atoms with E-state index in [0.717, 1.165) is 5.56 Å². The van der Waals surface area contributed by atoms with Crippen LogP contribution in [0.15, 0.2) is 12.1 Å². The average molecular weight is 238 g/mol. The van der Waals surface area contributed by atoms with E-state index in [-0.39, 0.29) is 12.2 Å². The van der Waals surface area contributed by atoms with Crippen LogP contribution in [-0.4, -0.2) is 18.2 Å². The summed E-state index contributed by atoms with van der Waals surface area (Å²) in [5.41, 5.74) is 0.796. The minimum absolute atomic E-state index is 0.000185. The Labute approximate surface area is 99.2 Å². The van der Waals surface area contributed by atoms with Gasteiger partial charge >= 0.3 is 5.97 Å². The first-order chi connectivity index (χ1) is 7.98. The van der Waals surface area contributed by atoms with Crippen molar-refractivity contribution >= 4 is 5.97 Å². The molecule has 0 radical (unpaired) electrons. The van der Waals surface area contributed by atoms with Crippen LogP contribution in [0.25, 0.3) is 0 Å². The van der Waals surface area contributed by atoms with Gasteiger partial charge in [0.05, 0.1) is 13.5 Å². The van der Waals surface area contributed by atoms with Gasteiger partial charge in [0.2, 0.25) is 0 Å². The fraction of sp³-hybridized carbons (Fsp3) is 0.462. The molecule has 0 saturated carbocycles. The van der Waals surface area contributed by atoms with Gasteiger partial charge in [0.1, 0.15) is 11.6 Å². The number of aliphatic carboxylic acids is 1. The molecule has 0 heterocycles. The van der Waals surface area contributed by atoms with Crippen molar-refractivity contribution in [2.75, 3.05) is 7.11 Å². The number of ether oxygens (including phenoxy) is 1. The molecule has 92 valence electrons. The summed E-state index contributed by atoms with van der Waals surface area (Å²) in [4.78, 5) is 10.9. The summed E-state index contributed by atoms with van der Waals surface area (Å²) in [6.45, 7) is 1.86. The lowest BCUT2D eigenvalue weighted by molar-refractivity contribution is -0.138. The molecule has 0 spiro atoms. The second kappa shape index (κ2) is 4.02. The van der Waals surface area contributed by atoms with Gasteiger partial charge in [-0.1, -0.05) is 6.92 Å². The molecule has 0 bridgehead atoms. The summed E-state index contributed by atoms with van der Waals surface area (Å²) in [5, 5.41) is 8.96. The quantitative estimate of drug-likeness (QED) is 0.880. The minimum atomic E-state index is -0.869. The van der Waals surface area contributed by atoms with Gasteiger partial charge in [0.15, 0.2) is 0 Å². The number of methoxy groups -OCH3 is 1. The van der Waals surface area contributed by atoms with Crippen LogP contribution in [0.2, 0.25) is 0 Å². The van der Waals surface area contributed by atoms with Crippen molar-refractivity contribution in [2.24, 2.45) is 0 Å².